The van der Waals surface area contributed by atoms with Crippen molar-refractivity contribution in [3.63, 3.8) is 0 Å². The monoisotopic (exact) mass is 427 g/mol. The molecular formula is C20H25N7S2. The Balaban J connectivity index is 1.31. The summed E-state index contributed by atoms with van der Waals surface area (Å²) in [5, 5.41) is 7.66. The van der Waals surface area contributed by atoms with E-state index in [0.717, 1.165) is 65.8 Å². The van der Waals surface area contributed by atoms with Gasteiger partial charge in [-0.1, -0.05) is 37.3 Å². The molecule has 3 aromatic rings. The number of rotatable bonds is 5. The SMILES string of the molecule is CCc1nsc(N2CCN(C(=NC)NCc3csc(-c4ccccc4)n3)CC2)n1. The van der Waals surface area contributed by atoms with Gasteiger partial charge in [-0.15, -0.1) is 11.3 Å². The standard InChI is InChI=1S/C20H25N7S2/c1-3-17-24-20(29-25-17)27-11-9-26(10-12-27)19(21-2)22-13-16-14-28-18(23-16)15-7-5-4-6-8-15/h4-8,14H,3,9-13H2,1-2H3,(H,21,22). The zero-order valence-electron chi connectivity index (χ0n) is 16.7. The fourth-order valence-corrected chi connectivity index (χ4v) is 4.86. The molecule has 1 aliphatic heterocycles. The van der Waals surface area contributed by atoms with E-state index in [1.165, 1.54) is 11.5 Å². The molecular weight excluding hydrogens is 402 g/mol. The summed E-state index contributed by atoms with van der Waals surface area (Å²) in [6.45, 7) is 6.43. The number of hydrogen-bond acceptors (Lipinski definition) is 7. The second-order valence-corrected chi connectivity index (χ2v) is 8.32. The lowest BCUT2D eigenvalue weighted by Crippen LogP contribution is -2.52. The fraction of sp³-hybridized carbons (Fsp3) is 0.400. The average Bonchev–Trinajstić information content (AvgIpc) is 3.45. The van der Waals surface area contributed by atoms with E-state index in [1.54, 1.807) is 11.3 Å². The molecule has 0 radical (unpaired) electrons. The lowest BCUT2D eigenvalue weighted by molar-refractivity contribution is 0.372. The zero-order chi connectivity index (χ0) is 20.1. The number of nitrogens with zero attached hydrogens (tertiary/aromatic N) is 6. The van der Waals surface area contributed by atoms with Gasteiger partial charge in [-0.2, -0.15) is 4.37 Å². The Bertz CT molecular complexity index is 943. The number of aromatic nitrogens is 3. The molecule has 1 aliphatic rings. The van der Waals surface area contributed by atoms with E-state index >= 15 is 0 Å². The quantitative estimate of drug-likeness (QED) is 0.498. The van der Waals surface area contributed by atoms with E-state index in [4.69, 9.17) is 4.98 Å². The molecule has 0 amide bonds. The van der Waals surface area contributed by atoms with Gasteiger partial charge >= 0.3 is 0 Å². The minimum absolute atomic E-state index is 0.673. The van der Waals surface area contributed by atoms with Gasteiger partial charge in [0, 0.05) is 62.1 Å². The van der Waals surface area contributed by atoms with Gasteiger partial charge in [-0.05, 0) is 0 Å². The Morgan fingerprint density at radius 1 is 1.14 bits per heavy atom. The first-order valence-corrected chi connectivity index (χ1v) is 11.4. The van der Waals surface area contributed by atoms with Crippen LogP contribution in [0.3, 0.4) is 0 Å². The summed E-state index contributed by atoms with van der Waals surface area (Å²) in [6, 6.07) is 10.3. The van der Waals surface area contributed by atoms with E-state index in [1.807, 2.05) is 25.2 Å². The molecule has 4 rings (SSSR count). The highest BCUT2D eigenvalue weighted by atomic mass is 32.1. The third kappa shape index (κ3) is 4.73. The number of thiazole rings is 1. The van der Waals surface area contributed by atoms with Gasteiger partial charge in [0.25, 0.3) is 0 Å². The van der Waals surface area contributed by atoms with E-state index in [2.05, 4.69) is 53.9 Å². The van der Waals surface area contributed by atoms with Crippen LogP contribution in [0.4, 0.5) is 5.13 Å². The first-order chi connectivity index (χ1) is 14.3. The number of piperazine rings is 1. The first-order valence-electron chi connectivity index (χ1n) is 9.79. The molecule has 2 aromatic heterocycles. The molecule has 0 spiro atoms. The third-order valence-electron chi connectivity index (χ3n) is 4.84. The zero-order valence-corrected chi connectivity index (χ0v) is 18.3. The van der Waals surface area contributed by atoms with Crippen molar-refractivity contribution in [2.24, 2.45) is 4.99 Å². The molecule has 0 atom stereocenters. The Labute approximate surface area is 179 Å². The average molecular weight is 428 g/mol. The predicted octanol–water partition coefficient (Wildman–Crippen LogP) is 3.12. The topological polar surface area (TPSA) is 69.5 Å². The highest BCUT2D eigenvalue weighted by molar-refractivity contribution is 7.13. The first kappa shape index (κ1) is 19.8. The Kier molecular flexibility index (Phi) is 6.36. The summed E-state index contributed by atoms with van der Waals surface area (Å²) >= 11 is 3.17. The van der Waals surface area contributed by atoms with Crippen LogP contribution < -0.4 is 10.2 Å². The molecule has 1 aromatic carbocycles. The van der Waals surface area contributed by atoms with Crippen LogP contribution in [-0.4, -0.2) is 58.4 Å². The predicted molar refractivity (Wildman–Crippen MR) is 121 cm³/mol. The number of benzene rings is 1. The maximum atomic E-state index is 4.75. The Hall–Kier alpha value is -2.52. The molecule has 7 nitrogen and oxygen atoms in total. The van der Waals surface area contributed by atoms with Crippen molar-refractivity contribution < 1.29 is 0 Å². The van der Waals surface area contributed by atoms with Gasteiger partial charge in [0.1, 0.15) is 10.8 Å². The fourth-order valence-electron chi connectivity index (χ4n) is 3.23. The molecule has 1 saturated heterocycles. The van der Waals surface area contributed by atoms with Crippen LogP contribution in [0.25, 0.3) is 10.6 Å². The highest BCUT2D eigenvalue weighted by Crippen LogP contribution is 2.23. The molecule has 1 fully saturated rings. The van der Waals surface area contributed by atoms with Crippen molar-refractivity contribution >= 4 is 34.0 Å². The molecule has 3 heterocycles. The summed E-state index contributed by atoms with van der Waals surface area (Å²) in [6.07, 6.45) is 0.885. The molecule has 9 heteroatoms. The van der Waals surface area contributed by atoms with E-state index in [0.29, 0.717) is 6.54 Å². The maximum Gasteiger partial charge on any atom is 0.205 e. The number of hydrogen-bond donors (Lipinski definition) is 1. The van der Waals surface area contributed by atoms with Crippen LogP contribution in [0, 0.1) is 0 Å². The van der Waals surface area contributed by atoms with Crippen molar-refractivity contribution in [3.8, 4) is 10.6 Å². The van der Waals surface area contributed by atoms with Crippen LogP contribution in [-0.2, 0) is 13.0 Å². The van der Waals surface area contributed by atoms with Gasteiger partial charge < -0.3 is 15.1 Å². The second-order valence-electron chi connectivity index (χ2n) is 6.73. The number of aryl methyl sites for hydroxylation is 1. The third-order valence-corrected chi connectivity index (χ3v) is 6.59. The molecule has 0 bridgehead atoms. The minimum atomic E-state index is 0.673. The van der Waals surface area contributed by atoms with Gasteiger partial charge in [-0.3, -0.25) is 4.99 Å². The van der Waals surface area contributed by atoms with E-state index < -0.39 is 0 Å². The Morgan fingerprint density at radius 3 is 2.62 bits per heavy atom. The molecule has 0 unspecified atom stereocenters. The van der Waals surface area contributed by atoms with Gasteiger partial charge in [-0.25, -0.2) is 9.97 Å². The summed E-state index contributed by atoms with van der Waals surface area (Å²) < 4.78 is 4.40. The van der Waals surface area contributed by atoms with Crippen molar-refractivity contribution in [2.45, 2.75) is 19.9 Å². The maximum absolute atomic E-state index is 4.75. The largest absolute Gasteiger partial charge is 0.351 e. The van der Waals surface area contributed by atoms with Crippen LogP contribution in [0.1, 0.15) is 18.4 Å². The van der Waals surface area contributed by atoms with Gasteiger partial charge in [0.05, 0.1) is 12.2 Å². The summed E-state index contributed by atoms with van der Waals surface area (Å²) in [5.41, 5.74) is 2.20. The second kappa shape index (κ2) is 9.32. The van der Waals surface area contributed by atoms with Gasteiger partial charge in [0.15, 0.2) is 5.96 Å². The molecule has 152 valence electrons. The minimum Gasteiger partial charge on any atom is -0.351 e. The van der Waals surface area contributed by atoms with Crippen LogP contribution in [0.15, 0.2) is 40.7 Å². The highest BCUT2D eigenvalue weighted by Gasteiger charge is 2.22. The van der Waals surface area contributed by atoms with Crippen LogP contribution in [0.2, 0.25) is 0 Å². The Morgan fingerprint density at radius 2 is 1.93 bits per heavy atom. The van der Waals surface area contributed by atoms with E-state index in [9.17, 15) is 0 Å². The molecule has 1 N–H and O–H groups in total. The number of guanidine groups is 1. The number of nitrogens with one attached hydrogen (secondary N) is 1. The number of anilines is 1. The van der Waals surface area contributed by atoms with Crippen LogP contribution >= 0.6 is 22.9 Å². The molecule has 0 aliphatic carbocycles. The lowest BCUT2D eigenvalue weighted by Gasteiger charge is -2.36. The van der Waals surface area contributed by atoms with Crippen molar-refractivity contribution in [3.05, 3.63) is 47.2 Å². The van der Waals surface area contributed by atoms with Crippen molar-refractivity contribution in [2.75, 3.05) is 38.1 Å². The molecule has 0 saturated carbocycles. The van der Waals surface area contributed by atoms with Gasteiger partial charge in [0.2, 0.25) is 5.13 Å². The summed E-state index contributed by atoms with van der Waals surface area (Å²) in [7, 11) is 1.84. The normalized spacial score (nSPS) is 15.0. The smallest absolute Gasteiger partial charge is 0.205 e. The van der Waals surface area contributed by atoms with E-state index in [-0.39, 0.29) is 0 Å². The molecule has 29 heavy (non-hydrogen) atoms. The van der Waals surface area contributed by atoms with Crippen molar-refractivity contribution in [1.82, 2.24) is 24.6 Å². The number of aliphatic imine (C=N–C) groups is 1. The van der Waals surface area contributed by atoms with Crippen molar-refractivity contribution in [1.29, 1.82) is 0 Å². The van der Waals surface area contributed by atoms with Crippen LogP contribution in [0.5, 0.6) is 0 Å². The summed E-state index contributed by atoms with van der Waals surface area (Å²) in [5.74, 6) is 1.86. The summed E-state index contributed by atoms with van der Waals surface area (Å²) in [4.78, 5) is 18.4. The lowest BCUT2D eigenvalue weighted by atomic mass is 10.2.